The molecule has 0 aromatic heterocycles. The SMILES string of the molecule is OC(c1ccc(Cl)c(Cl)c1)c1cc(F)c(Br)cc1F. The van der Waals surface area contributed by atoms with Crippen molar-refractivity contribution in [3.05, 3.63) is 67.6 Å². The van der Waals surface area contributed by atoms with E-state index in [1.807, 2.05) is 0 Å². The molecule has 0 saturated heterocycles. The summed E-state index contributed by atoms with van der Waals surface area (Å²) in [5.41, 5.74) is 0.161. The summed E-state index contributed by atoms with van der Waals surface area (Å²) in [5.74, 6) is -1.37. The number of hydrogen-bond acceptors (Lipinski definition) is 1. The highest BCUT2D eigenvalue weighted by molar-refractivity contribution is 9.10. The van der Waals surface area contributed by atoms with Crippen LogP contribution in [0.2, 0.25) is 10.0 Å². The van der Waals surface area contributed by atoms with Gasteiger partial charge in [-0.15, -0.1) is 0 Å². The van der Waals surface area contributed by atoms with Crippen LogP contribution in [0.25, 0.3) is 0 Å². The third kappa shape index (κ3) is 3.08. The Hall–Kier alpha value is -0.680. The molecule has 2 aromatic carbocycles. The highest BCUT2D eigenvalue weighted by Crippen LogP contribution is 2.31. The van der Waals surface area contributed by atoms with Gasteiger partial charge in [0, 0.05) is 5.56 Å². The van der Waals surface area contributed by atoms with Crippen LogP contribution in [0.15, 0.2) is 34.8 Å². The Labute approximate surface area is 126 Å². The van der Waals surface area contributed by atoms with Gasteiger partial charge < -0.3 is 5.11 Å². The van der Waals surface area contributed by atoms with Gasteiger partial charge in [0.1, 0.15) is 17.7 Å². The standard InChI is InChI=1S/C13H7BrCl2F2O/c14-8-5-11(17)7(4-12(8)18)13(19)6-1-2-9(15)10(16)3-6/h1-5,13,19H. The summed E-state index contributed by atoms with van der Waals surface area (Å²) in [5, 5.41) is 10.6. The Kier molecular flexibility index (Phi) is 4.46. The van der Waals surface area contributed by atoms with Gasteiger partial charge in [0.25, 0.3) is 0 Å². The molecule has 1 unspecified atom stereocenters. The summed E-state index contributed by atoms with van der Waals surface area (Å²) in [6.07, 6.45) is -1.32. The lowest BCUT2D eigenvalue weighted by Crippen LogP contribution is -2.04. The van der Waals surface area contributed by atoms with Crippen LogP contribution < -0.4 is 0 Å². The van der Waals surface area contributed by atoms with Gasteiger partial charge in [0.2, 0.25) is 0 Å². The molecule has 2 rings (SSSR count). The van der Waals surface area contributed by atoms with Gasteiger partial charge in [-0.2, -0.15) is 0 Å². The number of benzene rings is 2. The van der Waals surface area contributed by atoms with Gasteiger partial charge in [-0.1, -0.05) is 29.3 Å². The predicted molar refractivity (Wildman–Crippen MR) is 74.6 cm³/mol. The van der Waals surface area contributed by atoms with E-state index >= 15 is 0 Å². The molecule has 0 amide bonds. The number of hydrogen-bond donors (Lipinski definition) is 1. The lowest BCUT2D eigenvalue weighted by Gasteiger charge is -2.14. The van der Waals surface area contributed by atoms with E-state index in [-0.39, 0.29) is 15.1 Å². The molecule has 2 aromatic rings. The summed E-state index contributed by atoms with van der Waals surface area (Å²) in [6.45, 7) is 0. The summed E-state index contributed by atoms with van der Waals surface area (Å²) < 4.78 is 27.1. The van der Waals surface area contributed by atoms with E-state index in [0.717, 1.165) is 12.1 Å². The van der Waals surface area contributed by atoms with E-state index in [2.05, 4.69) is 15.9 Å². The third-order valence-corrected chi connectivity index (χ3v) is 3.94. The topological polar surface area (TPSA) is 20.2 Å². The first-order chi connectivity index (χ1) is 8.90. The normalized spacial score (nSPS) is 12.5. The van der Waals surface area contributed by atoms with Crippen molar-refractivity contribution in [2.75, 3.05) is 0 Å². The molecule has 1 N–H and O–H groups in total. The largest absolute Gasteiger partial charge is 0.384 e. The highest BCUT2D eigenvalue weighted by atomic mass is 79.9. The monoisotopic (exact) mass is 366 g/mol. The molecular formula is C13H7BrCl2F2O. The molecule has 6 heteroatoms. The molecule has 0 bridgehead atoms. The molecule has 19 heavy (non-hydrogen) atoms. The summed E-state index contributed by atoms with van der Waals surface area (Å²) in [6, 6.07) is 6.29. The number of halogens is 5. The van der Waals surface area contributed by atoms with Crippen LogP contribution in [-0.2, 0) is 0 Å². The molecule has 1 atom stereocenters. The fraction of sp³-hybridized carbons (Fsp3) is 0.0769. The summed E-state index contributed by atoms with van der Waals surface area (Å²) in [7, 11) is 0. The lowest BCUT2D eigenvalue weighted by molar-refractivity contribution is 0.214. The van der Waals surface area contributed by atoms with E-state index in [0.29, 0.717) is 10.6 Å². The third-order valence-electron chi connectivity index (χ3n) is 2.59. The van der Waals surface area contributed by atoms with E-state index in [9.17, 15) is 13.9 Å². The second kappa shape index (κ2) is 5.75. The van der Waals surface area contributed by atoms with E-state index in [1.165, 1.54) is 18.2 Å². The van der Waals surface area contributed by atoms with E-state index < -0.39 is 17.7 Å². The Morgan fingerprint density at radius 1 is 1.00 bits per heavy atom. The first kappa shape index (κ1) is 14.7. The van der Waals surface area contributed by atoms with Gasteiger partial charge in [-0.25, -0.2) is 8.78 Å². The minimum Gasteiger partial charge on any atom is -0.384 e. The van der Waals surface area contributed by atoms with Gasteiger partial charge >= 0.3 is 0 Å². The van der Waals surface area contributed by atoms with Crippen molar-refractivity contribution in [2.45, 2.75) is 6.10 Å². The molecule has 0 aliphatic carbocycles. The average molecular weight is 368 g/mol. The predicted octanol–water partition coefficient (Wildman–Crippen LogP) is 5.12. The van der Waals surface area contributed by atoms with Crippen LogP contribution >= 0.6 is 39.1 Å². The zero-order chi connectivity index (χ0) is 14.2. The zero-order valence-electron chi connectivity index (χ0n) is 9.30. The maximum atomic E-state index is 13.7. The highest BCUT2D eigenvalue weighted by Gasteiger charge is 2.18. The van der Waals surface area contributed by atoms with Crippen molar-refractivity contribution < 1.29 is 13.9 Å². The van der Waals surface area contributed by atoms with E-state index in [4.69, 9.17) is 23.2 Å². The molecular weight excluding hydrogens is 361 g/mol. The molecule has 0 aliphatic rings. The fourth-order valence-corrected chi connectivity index (χ4v) is 2.23. The second-order valence-corrected chi connectivity index (χ2v) is 5.53. The van der Waals surface area contributed by atoms with Crippen molar-refractivity contribution in [1.82, 2.24) is 0 Å². The average Bonchev–Trinajstić information content (AvgIpc) is 2.36. The van der Waals surface area contributed by atoms with Crippen molar-refractivity contribution in [3.63, 3.8) is 0 Å². The summed E-state index contributed by atoms with van der Waals surface area (Å²) in [4.78, 5) is 0. The minimum atomic E-state index is -1.32. The minimum absolute atomic E-state index is 0.00455. The van der Waals surface area contributed by atoms with Crippen molar-refractivity contribution in [3.8, 4) is 0 Å². The molecule has 0 aliphatic heterocycles. The maximum absolute atomic E-state index is 13.7. The second-order valence-electron chi connectivity index (χ2n) is 3.86. The molecule has 1 nitrogen and oxygen atoms in total. The smallest absolute Gasteiger partial charge is 0.137 e. The summed E-state index contributed by atoms with van der Waals surface area (Å²) >= 11 is 14.4. The van der Waals surface area contributed by atoms with Crippen LogP contribution in [0.1, 0.15) is 17.2 Å². The lowest BCUT2D eigenvalue weighted by atomic mass is 10.0. The zero-order valence-corrected chi connectivity index (χ0v) is 12.4. The van der Waals surface area contributed by atoms with Crippen LogP contribution in [0.5, 0.6) is 0 Å². The Morgan fingerprint density at radius 2 is 1.68 bits per heavy atom. The van der Waals surface area contributed by atoms with Crippen molar-refractivity contribution in [1.29, 1.82) is 0 Å². The van der Waals surface area contributed by atoms with Crippen LogP contribution in [0.3, 0.4) is 0 Å². The maximum Gasteiger partial charge on any atom is 0.137 e. The van der Waals surface area contributed by atoms with Crippen molar-refractivity contribution in [2.24, 2.45) is 0 Å². The van der Waals surface area contributed by atoms with E-state index in [1.54, 1.807) is 0 Å². The molecule has 0 fully saturated rings. The van der Waals surface area contributed by atoms with Crippen LogP contribution in [0, 0.1) is 11.6 Å². The van der Waals surface area contributed by atoms with Crippen LogP contribution in [-0.4, -0.2) is 5.11 Å². The van der Waals surface area contributed by atoms with Gasteiger partial charge in [0.05, 0.1) is 14.5 Å². The fourth-order valence-electron chi connectivity index (χ4n) is 1.61. The number of aliphatic hydroxyl groups is 1. The molecule has 0 radical (unpaired) electrons. The Balaban J connectivity index is 2.46. The molecule has 0 spiro atoms. The first-order valence-corrected chi connectivity index (χ1v) is 6.72. The number of aliphatic hydroxyl groups excluding tert-OH is 1. The number of rotatable bonds is 2. The quantitative estimate of drug-likeness (QED) is 0.730. The van der Waals surface area contributed by atoms with Gasteiger partial charge in [-0.3, -0.25) is 0 Å². The van der Waals surface area contributed by atoms with Gasteiger partial charge in [-0.05, 0) is 45.8 Å². The molecule has 0 saturated carbocycles. The molecule has 100 valence electrons. The Morgan fingerprint density at radius 3 is 2.32 bits per heavy atom. The van der Waals surface area contributed by atoms with Crippen molar-refractivity contribution >= 4 is 39.1 Å². The van der Waals surface area contributed by atoms with Crippen LogP contribution in [0.4, 0.5) is 8.78 Å². The first-order valence-electron chi connectivity index (χ1n) is 5.17. The molecule has 0 heterocycles. The Bertz CT molecular complexity index is 634. The van der Waals surface area contributed by atoms with Gasteiger partial charge in [0.15, 0.2) is 0 Å².